The van der Waals surface area contributed by atoms with Crippen LogP contribution in [-0.4, -0.2) is 28.7 Å². The zero-order valence-electron chi connectivity index (χ0n) is 15.8. The maximum Gasteiger partial charge on any atom is 0.359 e. The number of aryl methyl sites for hydroxylation is 2. The van der Waals surface area contributed by atoms with Crippen LogP contribution < -0.4 is 5.32 Å². The van der Waals surface area contributed by atoms with Crippen LogP contribution in [-0.2, 0) is 22.4 Å². The molecule has 144 valence electrons. The predicted octanol–water partition coefficient (Wildman–Crippen LogP) is 3.48. The van der Waals surface area contributed by atoms with Crippen molar-refractivity contribution in [3.05, 3.63) is 64.8 Å². The first kappa shape index (κ1) is 18.2. The molecule has 2 aromatic carbocycles. The number of rotatable bonds is 5. The lowest BCUT2D eigenvalue weighted by Gasteiger charge is -2.20. The van der Waals surface area contributed by atoms with Gasteiger partial charge >= 0.3 is 5.97 Å². The van der Waals surface area contributed by atoms with E-state index in [9.17, 15) is 9.59 Å². The zero-order valence-corrected chi connectivity index (χ0v) is 15.8. The lowest BCUT2D eigenvalue weighted by Crippen LogP contribution is -2.31. The first-order valence-electron chi connectivity index (χ1n) is 9.63. The van der Waals surface area contributed by atoms with Gasteiger partial charge in [0, 0.05) is 5.39 Å². The molecule has 4 rings (SSSR count). The Morgan fingerprint density at radius 2 is 1.93 bits per heavy atom. The van der Waals surface area contributed by atoms with E-state index in [4.69, 9.17) is 4.74 Å². The number of H-pyrrole nitrogens is 1. The summed E-state index contributed by atoms with van der Waals surface area (Å²) in [5.74, 6) is -0.951. The number of carbonyl (C=O) groups is 2. The van der Waals surface area contributed by atoms with Gasteiger partial charge in [0.15, 0.2) is 12.3 Å². The molecule has 1 atom stereocenters. The van der Waals surface area contributed by atoms with Gasteiger partial charge in [-0.1, -0.05) is 36.4 Å². The first-order valence-corrected chi connectivity index (χ1v) is 9.63. The number of para-hydroxylation sites is 1. The summed E-state index contributed by atoms with van der Waals surface area (Å²) < 4.78 is 5.15. The fourth-order valence-corrected chi connectivity index (χ4v) is 3.71. The van der Waals surface area contributed by atoms with Crippen molar-refractivity contribution in [2.24, 2.45) is 0 Å². The average molecular weight is 377 g/mol. The molecule has 1 aliphatic rings. The summed E-state index contributed by atoms with van der Waals surface area (Å²) in [6.45, 7) is 1.60. The average Bonchev–Trinajstić information content (AvgIpc) is 3.16. The van der Waals surface area contributed by atoms with Gasteiger partial charge in [-0.3, -0.25) is 9.89 Å². The van der Waals surface area contributed by atoms with E-state index in [1.54, 1.807) is 6.07 Å². The molecule has 0 saturated carbocycles. The van der Waals surface area contributed by atoms with Gasteiger partial charge in [-0.15, -0.1) is 0 Å². The van der Waals surface area contributed by atoms with Crippen molar-refractivity contribution in [1.29, 1.82) is 0 Å². The van der Waals surface area contributed by atoms with Crippen LogP contribution in [0.4, 0.5) is 0 Å². The van der Waals surface area contributed by atoms with E-state index in [1.807, 2.05) is 25.1 Å². The molecular formula is C22H23N3O3. The van der Waals surface area contributed by atoms with E-state index < -0.39 is 5.97 Å². The maximum atomic E-state index is 12.3. The quantitative estimate of drug-likeness (QED) is 0.667. The van der Waals surface area contributed by atoms with Crippen LogP contribution in [0.1, 0.15) is 53.0 Å². The minimum atomic E-state index is -0.617. The van der Waals surface area contributed by atoms with Crippen molar-refractivity contribution >= 4 is 22.8 Å². The second-order valence-corrected chi connectivity index (χ2v) is 7.22. The fraction of sp³-hybridized carbons (Fsp3) is 0.318. The van der Waals surface area contributed by atoms with Crippen LogP contribution in [0.3, 0.4) is 0 Å². The summed E-state index contributed by atoms with van der Waals surface area (Å²) in [6, 6.07) is 13.5. The number of esters is 1. The minimum Gasteiger partial charge on any atom is -0.451 e. The molecule has 28 heavy (non-hydrogen) atoms. The molecule has 1 heterocycles. The summed E-state index contributed by atoms with van der Waals surface area (Å²) in [4.78, 5) is 24.5. The molecule has 3 aromatic rings. The Balaban J connectivity index is 1.34. The topological polar surface area (TPSA) is 84.1 Å². The molecule has 0 radical (unpaired) electrons. The molecule has 0 saturated heterocycles. The molecule has 0 bridgehead atoms. The number of nitrogens with one attached hydrogen (secondary N) is 2. The Labute approximate surface area is 163 Å². The largest absolute Gasteiger partial charge is 0.451 e. The van der Waals surface area contributed by atoms with Crippen LogP contribution in [0.2, 0.25) is 0 Å². The molecule has 0 fully saturated rings. The van der Waals surface area contributed by atoms with E-state index >= 15 is 0 Å². The zero-order chi connectivity index (χ0) is 19.5. The molecule has 0 spiro atoms. The van der Waals surface area contributed by atoms with Crippen molar-refractivity contribution in [3.8, 4) is 0 Å². The summed E-state index contributed by atoms with van der Waals surface area (Å²) in [6.07, 6.45) is 4.69. The number of benzene rings is 2. The molecule has 1 amide bonds. The van der Waals surface area contributed by atoms with Crippen molar-refractivity contribution in [3.63, 3.8) is 0 Å². The molecule has 2 N–H and O–H groups in total. The highest BCUT2D eigenvalue weighted by atomic mass is 16.5. The minimum absolute atomic E-state index is 0.148. The van der Waals surface area contributed by atoms with Crippen LogP contribution in [0.5, 0.6) is 0 Å². The Bertz CT molecular complexity index is 1020. The van der Waals surface area contributed by atoms with Gasteiger partial charge in [0.2, 0.25) is 0 Å². The van der Waals surface area contributed by atoms with E-state index in [-0.39, 0.29) is 24.2 Å². The summed E-state index contributed by atoms with van der Waals surface area (Å²) in [5, 5.41) is 10.3. The highest BCUT2D eigenvalue weighted by Gasteiger charge is 2.18. The SMILES string of the molecule is C[C@H](NC(=O)COC(=O)c1n[nH]c2ccccc12)c1ccc2c(c1)CCCC2. The van der Waals surface area contributed by atoms with Crippen LogP contribution in [0, 0.1) is 0 Å². The molecule has 6 heteroatoms. The standard InChI is InChI=1S/C22H23N3O3/c1-14(16-11-10-15-6-2-3-7-17(15)12-16)23-20(26)13-28-22(27)21-18-8-4-5-9-19(18)24-25-21/h4-5,8-12,14H,2-3,6-7,13H2,1H3,(H,23,26)(H,24,25)/t14-/m0/s1. The van der Waals surface area contributed by atoms with Gasteiger partial charge < -0.3 is 10.1 Å². The lowest BCUT2D eigenvalue weighted by atomic mass is 9.89. The third-order valence-electron chi connectivity index (χ3n) is 5.25. The predicted molar refractivity (Wildman–Crippen MR) is 106 cm³/mol. The second-order valence-electron chi connectivity index (χ2n) is 7.22. The Morgan fingerprint density at radius 1 is 1.14 bits per heavy atom. The number of hydrogen-bond acceptors (Lipinski definition) is 4. The molecule has 0 aliphatic heterocycles. The number of ether oxygens (including phenoxy) is 1. The van der Waals surface area contributed by atoms with Gasteiger partial charge in [-0.25, -0.2) is 4.79 Å². The number of aromatic amines is 1. The first-order chi connectivity index (χ1) is 13.6. The van der Waals surface area contributed by atoms with Gasteiger partial charge in [0.05, 0.1) is 11.6 Å². The Morgan fingerprint density at radius 3 is 2.79 bits per heavy atom. The molecular weight excluding hydrogens is 354 g/mol. The Kier molecular flexibility index (Phi) is 5.10. The number of aromatic nitrogens is 2. The van der Waals surface area contributed by atoms with Crippen LogP contribution in [0.25, 0.3) is 10.9 Å². The summed E-state index contributed by atoms with van der Waals surface area (Å²) in [5.41, 5.74) is 4.79. The van der Waals surface area contributed by atoms with E-state index in [2.05, 4.69) is 33.7 Å². The summed E-state index contributed by atoms with van der Waals surface area (Å²) >= 11 is 0. The van der Waals surface area contributed by atoms with Gasteiger partial charge in [0.1, 0.15) is 0 Å². The number of amides is 1. The molecule has 6 nitrogen and oxygen atoms in total. The molecule has 1 aliphatic carbocycles. The van der Waals surface area contributed by atoms with Crippen LogP contribution in [0.15, 0.2) is 42.5 Å². The van der Waals surface area contributed by atoms with Crippen molar-refractivity contribution in [1.82, 2.24) is 15.5 Å². The number of nitrogens with zero attached hydrogens (tertiary/aromatic N) is 1. The second kappa shape index (κ2) is 7.84. The van der Waals surface area contributed by atoms with E-state index in [0.29, 0.717) is 5.39 Å². The molecule has 0 unspecified atom stereocenters. The van der Waals surface area contributed by atoms with Crippen LogP contribution >= 0.6 is 0 Å². The fourth-order valence-electron chi connectivity index (χ4n) is 3.71. The highest BCUT2D eigenvalue weighted by molar-refractivity contribution is 6.02. The third-order valence-corrected chi connectivity index (χ3v) is 5.25. The highest BCUT2D eigenvalue weighted by Crippen LogP contribution is 2.24. The van der Waals surface area contributed by atoms with E-state index in [0.717, 1.165) is 23.9 Å². The van der Waals surface area contributed by atoms with E-state index in [1.165, 1.54) is 24.0 Å². The number of fused-ring (bicyclic) bond motifs is 2. The lowest BCUT2D eigenvalue weighted by molar-refractivity contribution is -0.124. The number of hydrogen-bond donors (Lipinski definition) is 2. The third kappa shape index (κ3) is 3.76. The smallest absolute Gasteiger partial charge is 0.359 e. The summed E-state index contributed by atoms with van der Waals surface area (Å²) in [7, 11) is 0. The normalized spacial score (nSPS) is 14.3. The number of carbonyl (C=O) groups excluding carboxylic acids is 2. The van der Waals surface area contributed by atoms with Gasteiger partial charge in [-0.2, -0.15) is 5.10 Å². The van der Waals surface area contributed by atoms with Gasteiger partial charge in [0.25, 0.3) is 5.91 Å². The van der Waals surface area contributed by atoms with Crippen molar-refractivity contribution in [2.75, 3.05) is 6.61 Å². The van der Waals surface area contributed by atoms with Gasteiger partial charge in [-0.05, 0) is 55.4 Å². The van der Waals surface area contributed by atoms with Crippen molar-refractivity contribution < 1.29 is 14.3 Å². The maximum absolute atomic E-state index is 12.3. The molecule has 1 aromatic heterocycles. The Hall–Kier alpha value is -3.15. The monoisotopic (exact) mass is 377 g/mol. The van der Waals surface area contributed by atoms with Crippen molar-refractivity contribution in [2.45, 2.75) is 38.6 Å².